The highest BCUT2D eigenvalue weighted by Gasteiger charge is 2.64. The summed E-state index contributed by atoms with van der Waals surface area (Å²) in [4.78, 5) is 42.6. The quantitative estimate of drug-likeness (QED) is 0.0789. The van der Waals surface area contributed by atoms with Crippen LogP contribution in [0.25, 0.3) is 0 Å². The molecule has 8 N–H and O–H groups in total. The van der Waals surface area contributed by atoms with Gasteiger partial charge in [0.2, 0.25) is 5.78 Å². The summed E-state index contributed by atoms with van der Waals surface area (Å²) in [7, 11) is 2.79. The van der Waals surface area contributed by atoms with Crippen LogP contribution < -0.4 is 11.1 Å². The fourth-order valence-electron chi connectivity index (χ4n) is 15.7. The van der Waals surface area contributed by atoms with Crippen LogP contribution >= 0.6 is 0 Å². The maximum Gasteiger partial charge on any atom is 0.407 e. The van der Waals surface area contributed by atoms with E-state index in [-0.39, 0.29) is 73.7 Å². The lowest BCUT2D eigenvalue weighted by Crippen LogP contribution is -2.66. The standard InChI is InChI=1S/C61H92N2O19/c1-27-14-17-42(78-47-25-59(10,62)54(35(9)77-47)63-58(71)73-13)28(2)19-37-20-36(26-64)31(5)24-61(37)56(69)48(57(70)82-61)55(68)60(11)39(27)16-15-38-49(60)29(3)18-30(4)51(38)80-46-23-43(50(67)32(6)74-46)79-44-22-41(66)53(34(8)76-44)81-45-21-40(65)52(72-12)33(7)75-45/h14-16,19-20,29-35,37-47,49-54,64-68H,17-18,21-26,62H2,1-13H3,(H,63,71)/b27-14+,28-19-,55-48?/t29-,30-,31+,32+,33+,34+,35+,37-,38-,39+,40-,41-,42?,43-,44-,45-,46-,47+,49-,50+,51-,52+,53+,54-,59-,60-,61?/m1/s1. The molecule has 4 aliphatic carbocycles. The zero-order valence-electron chi connectivity index (χ0n) is 49.9. The van der Waals surface area contributed by atoms with Crippen molar-refractivity contribution in [3.05, 3.63) is 58.4 Å². The van der Waals surface area contributed by atoms with Crippen LogP contribution in [0.15, 0.2) is 58.4 Å². The molecule has 1 saturated carbocycles. The van der Waals surface area contributed by atoms with Crippen molar-refractivity contribution in [2.24, 2.45) is 52.6 Å². The molecule has 1 spiro atoms. The number of ether oxygens (including phenoxy) is 11. The molecule has 1 amide bonds. The van der Waals surface area contributed by atoms with Crippen LogP contribution in [0, 0.1) is 46.8 Å². The summed E-state index contributed by atoms with van der Waals surface area (Å²) in [5.41, 5.74) is 4.75. The first-order valence-corrected chi connectivity index (χ1v) is 29.7. The minimum atomic E-state index is -1.75. The summed E-state index contributed by atoms with van der Waals surface area (Å²) in [6.45, 7) is 20.6. The van der Waals surface area contributed by atoms with Gasteiger partial charge in [0.05, 0.1) is 74.7 Å². The van der Waals surface area contributed by atoms with Crippen molar-refractivity contribution in [2.45, 2.75) is 237 Å². The van der Waals surface area contributed by atoms with Gasteiger partial charge in [0.15, 0.2) is 30.8 Å². The third-order valence-corrected chi connectivity index (χ3v) is 19.9. The van der Waals surface area contributed by atoms with Gasteiger partial charge >= 0.3 is 12.1 Å². The molecule has 6 fully saturated rings. The zero-order chi connectivity index (χ0) is 59.7. The smallest absolute Gasteiger partial charge is 0.407 e. The Morgan fingerprint density at radius 1 is 0.744 bits per heavy atom. The Labute approximate surface area is 482 Å². The Morgan fingerprint density at radius 2 is 1.37 bits per heavy atom. The highest BCUT2D eigenvalue weighted by molar-refractivity contribution is 6.26. The fraction of sp³-hybridized carbons (Fsp3) is 0.787. The van der Waals surface area contributed by atoms with Crippen LogP contribution in [0.5, 0.6) is 0 Å². The number of carbonyl (C=O) groups excluding carboxylic acids is 3. The minimum absolute atomic E-state index is 0.0320. The van der Waals surface area contributed by atoms with Crippen molar-refractivity contribution in [3.63, 3.8) is 0 Å². The normalized spacial score (nSPS) is 49.4. The Balaban J connectivity index is 1.00. The number of alkyl carbamates (subject to hydrolysis) is 1. The molecule has 2 bridgehead atoms. The van der Waals surface area contributed by atoms with Gasteiger partial charge in [-0.25, -0.2) is 9.59 Å². The number of aliphatic hydroxyl groups is 5. The lowest BCUT2D eigenvalue weighted by molar-refractivity contribution is -0.335. The summed E-state index contributed by atoms with van der Waals surface area (Å²) in [5, 5.41) is 60.3. The molecule has 21 nitrogen and oxygen atoms in total. The molecular formula is C61H92N2O19. The van der Waals surface area contributed by atoms with Crippen molar-refractivity contribution >= 4 is 17.8 Å². The number of fused-ring (bicyclic) bond motifs is 4. The number of methoxy groups -OCH3 is 2. The molecule has 27 atom stereocenters. The molecule has 0 aromatic rings. The number of hydrogen-bond donors (Lipinski definition) is 7. The van der Waals surface area contributed by atoms with E-state index in [0.717, 1.165) is 5.57 Å². The van der Waals surface area contributed by atoms with Gasteiger partial charge in [0, 0.05) is 67.9 Å². The van der Waals surface area contributed by atoms with Gasteiger partial charge in [-0.1, -0.05) is 63.6 Å². The summed E-state index contributed by atoms with van der Waals surface area (Å²) in [6.07, 6.45) is -1.16. The number of nitrogens with two attached hydrogens (primary N) is 1. The lowest BCUT2D eigenvalue weighted by atomic mass is 9.49. The van der Waals surface area contributed by atoms with Crippen LogP contribution in [0.4, 0.5) is 4.79 Å². The van der Waals surface area contributed by atoms with E-state index in [1.807, 2.05) is 47.6 Å². The molecule has 2 unspecified atom stereocenters. The first-order chi connectivity index (χ1) is 38.6. The largest absolute Gasteiger partial charge is 0.511 e. The molecule has 0 radical (unpaired) electrons. The maximum absolute atomic E-state index is 15.6. The molecule has 0 aromatic heterocycles. The number of nitrogens with one attached hydrogen (secondary N) is 1. The second-order valence-corrected chi connectivity index (χ2v) is 25.8. The first-order valence-electron chi connectivity index (χ1n) is 29.7. The van der Waals surface area contributed by atoms with E-state index in [1.54, 1.807) is 26.8 Å². The van der Waals surface area contributed by atoms with Gasteiger partial charge in [-0.05, 0) is 96.1 Å². The SMILES string of the molecule is COC(=O)N[C@@H]1[C@H](C)O[C@@H](OC2C/C=C(\C)[C@@H]3C=C[C@H]4[C@H](O[C@@H]5C[C@@H](O[C@@H]6C[C@@H](O)[C@@H](O[C@@H]7C[C@@H](O)[C@@H](OC)[C@H](C)O7)[C@H](C)O6)[C@@H](O)[C@H](C)O5)[C@H](C)C[C@@H](C)[C@H]4[C@]3(C)C(O)=C3C(=O)OC4(C[C@H](C)C(CO)=C[C@H]4/C=C\2C)C3=O)C[C@@]1(C)N. The van der Waals surface area contributed by atoms with E-state index in [2.05, 4.69) is 37.4 Å². The average Bonchev–Trinajstić information content (AvgIpc) is 3.56. The monoisotopic (exact) mass is 1160 g/mol. The number of Topliss-reactive ketones (excluding diaryl/α,β-unsaturated/α-hetero) is 1. The number of carbonyl (C=O) groups is 3. The van der Waals surface area contributed by atoms with E-state index in [9.17, 15) is 35.1 Å². The molecular weight excluding hydrogens is 1060 g/mol. The minimum Gasteiger partial charge on any atom is -0.511 e. The topological polar surface area (TPSA) is 292 Å². The number of allylic oxidation sites excluding steroid dienone is 3. The molecule has 5 saturated heterocycles. The number of rotatable bonds is 11. The summed E-state index contributed by atoms with van der Waals surface area (Å²) in [6, 6.07) is -0.595. The molecule has 9 rings (SSSR count). The maximum atomic E-state index is 15.6. The van der Waals surface area contributed by atoms with Gasteiger partial charge in [0.25, 0.3) is 0 Å². The lowest BCUT2D eigenvalue weighted by Gasteiger charge is -2.56. The van der Waals surface area contributed by atoms with Gasteiger partial charge in [-0.2, -0.15) is 0 Å². The number of ketones is 1. The molecule has 0 aromatic carbocycles. The highest BCUT2D eigenvalue weighted by atomic mass is 16.7. The van der Waals surface area contributed by atoms with Crippen LogP contribution in [0.1, 0.15) is 121 Å². The van der Waals surface area contributed by atoms with Crippen molar-refractivity contribution in [1.29, 1.82) is 0 Å². The second-order valence-electron chi connectivity index (χ2n) is 25.8. The van der Waals surface area contributed by atoms with E-state index in [4.69, 9.17) is 57.8 Å². The fourth-order valence-corrected chi connectivity index (χ4v) is 15.7. The van der Waals surface area contributed by atoms with Crippen LogP contribution in [0.3, 0.4) is 0 Å². The predicted octanol–water partition coefficient (Wildman–Crippen LogP) is 5.25. The van der Waals surface area contributed by atoms with Gasteiger partial charge in [-0.15, -0.1) is 0 Å². The van der Waals surface area contributed by atoms with Gasteiger partial charge in [0.1, 0.15) is 29.6 Å². The Kier molecular flexibility index (Phi) is 18.9. The predicted molar refractivity (Wildman–Crippen MR) is 295 cm³/mol. The van der Waals surface area contributed by atoms with E-state index < -0.39 is 157 Å². The first kappa shape index (κ1) is 62.9. The summed E-state index contributed by atoms with van der Waals surface area (Å²) in [5.74, 6) is -4.54. The van der Waals surface area contributed by atoms with Crippen LogP contribution in [-0.4, -0.2) is 180 Å². The molecule has 82 heavy (non-hydrogen) atoms. The second kappa shape index (κ2) is 24.6. The molecule has 9 aliphatic rings. The zero-order valence-corrected chi connectivity index (χ0v) is 49.9. The number of aliphatic hydroxyl groups excluding tert-OH is 5. The number of esters is 1. The van der Waals surface area contributed by atoms with Crippen LogP contribution in [-0.2, 0) is 61.7 Å². The Hall–Kier alpha value is -3.65. The highest BCUT2D eigenvalue weighted by Crippen LogP contribution is 2.61. The van der Waals surface area contributed by atoms with E-state index in [1.165, 1.54) is 14.2 Å². The van der Waals surface area contributed by atoms with Crippen molar-refractivity contribution in [2.75, 3.05) is 20.8 Å². The molecule has 21 heteroatoms. The summed E-state index contributed by atoms with van der Waals surface area (Å²) < 4.78 is 68.4. The van der Waals surface area contributed by atoms with E-state index in [0.29, 0.717) is 24.0 Å². The van der Waals surface area contributed by atoms with Crippen molar-refractivity contribution < 1.29 is 92.0 Å². The van der Waals surface area contributed by atoms with E-state index >= 15 is 4.79 Å². The van der Waals surface area contributed by atoms with Gasteiger partial charge in [-0.3, -0.25) is 4.79 Å². The van der Waals surface area contributed by atoms with Crippen molar-refractivity contribution in [1.82, 2.24) is 5.32 Å². The molecule has 5 aliphatic heterocycles. The Morgan fingerprint density at radius 3 is 2.00 bits per heavy atom. The number of amides is 1. The Bertz CT molecular complexity index is 2490. The van der Waals surface area contributed by atoms with Crippen molar-refractivity contribution in [3.8, 4) is 0 Å². The van der Waals surface area contributed by atoms with Gasteiger partial charge < -0.3 is 88.7 Å². The molecule has 5 heterocycles. The number of hydrogen-bond acceptors (Lipinski definition) is 20. The molecule has 460 valence electrons. The average molecular weight is 1160 g/mol. The summed E-state index contributed by atoms with van der Waals surface area (Å²) >= 11 is 0. The third kappa shape index (κ3) is 11.8. The third-order valence-electron chi connectivity index (χ3n) is 19.9. The van der Waals surface area contributed by atoms with Crippen LogP contribution in [0.2, 0.25) is 0 Å².